The first-order valence-corrected chi connectivity index (χ1v) is 10.1. The molecule has 32 heavy (non-hydrogen) atoms. The van der Waals surface area contributed by atoms with Gasteiger partial charge in [-0.1, -0.05) is 24.3 Å². The molecule has 1 unspecified atom stereocenters. The predicted octanol–water partition coefficient (Wildman–Crippen LogP) is 2.28. The number of esters is 1. The average Bonchev–Trinajstić information content (AvgIpc) is 2.81. The maximum Gasteiger partial charge on any atom is 0.338 e. The lowest BCUT2D eigenvalue weighted by Gasteiger charge is -2.29. The molecule has 2 heterocycles. The number of carbonyl (C=O) groups excluding carboxylic acids is 2. The highest BCUT2D eigenvalue weighted by Crippen LogP contribution is 2.29. The molecular formula is C23H22N4O5. The van der Waals surface area contributed by atoms with Gasteiger partial charge in [0.05, 0.1) is 54.8 Å². The van der Waals surface area contributed by atoms with E-state index in [1.807, 2.05) is 0 Å². The van der Waals surface area contributed by atoms with Gasteiger partial charge in [0, 0.05) is 0 Å². The number of para-hydroxylation sites is 1. The molecule has 164 valence electrons. The molecule has 0 fully saturated rings. The van der Waals surface area contributed by atoms with Gasteiger partial charge in [-0.2, -0.15) is 0 Å². The Kier molecular flexibility index (Phi) is 5.89. The molecule has 0 saturated carbocycles. The number of nitrogens with one attached hydrogen (secondary N) is 2. The molecule has 0 spiro atoms. The van der Waals surface area contributed by atoms with Gasteiger partial charge in [-0.05, 0) is 36.8 Å². The number of ether oxygens (including phenoxy) is 2. The quantitative estimate of drug-likeness (QED) is 0.576. The van der Waals surface area contributed by atoms with Gasteiger partial charge in [0.2, 0.25) is 0 Å². The zero-order chi connectivity index (χ0) is 22.7. The van der Waals surface area contributed by atoms with E-state index in [4.69, 9.17) is 9.47 Å². The predicted molar refractivity (Wildman–Crippen MR) is 117 cm³/mol. The Morgan fingerprint density at radius 2 is 1.88 bits per heavy atom. The van der Waals surface area contributed by atoms with E-state index in [9.17, 15) is 14.4 Å². The highest BCUT2D eigenvalue weighted by molar-refractivity contribution is 5.95. The summed E-state index contributed by atoms with van der Waals surface area (Å²) in [5, 5.41) is 5.88. The summed E-state index contributed by atoms with van der Waals surface area (Å²) >= 11 is 0. The third-order valence-electron chi connectivity index (χ3n) is 5.16. The van der Waals surface area contributed by atoms with Gasteiger partial charge in [0.25, 0.3) is 5.56 Å². The summed E-state index contributed by atoms with van der Waals surface area (Å²) in [6, 6.07) is 12.7. The topological polar surface area (TPSA) is 112 Å². The third kappa shape index (κ3) is 4.04. The number of rotatable bonds is 6. The summed E-state index contributed by atoms with van der Waals surface area (Å²) in [4.78, 5) is 42.6. The third-order valence-corrected chi connectivity index (χ3v) is 5.16. The Hall–Kier alpha value is -4.14. The fraction of sp³-hybridized carbons (Fsp3) is 0.217. The standard InChI is InChI=1S/C23H22N4O5/c1-3-32-22(29)19-18(12-27-13-24-17-7-5-4-6-16(17)21(27)28)25-23(30)26-20(19)14-8-10-15(31-2)11-9-14/h4-11,13,20H,3,12H2,1-2H3,(H2,25,26,30). The van der Waals surface area contributed by atoms with Crippen molar-refractivity contribution in [2.45, 2.75) is 19.5 Å². The molecule has 0 aliphatic carbocycles. The van der Waals surface area contributed by atoms with Gasteiger partial charge in [-0.3, -0.25) is 9.36 Å². The lowest BCUT2D eigenvalue weighted by molar-refractivity contribution is -0.139. The fourth-order valence-electron chi connectivity index (χ4n) is 3.63. The molecule has 2 aromatic carbocycles. The summed E-state index contributed by atoms with van der Waals surface area (Å²) < 4.78 is 11.8. The first-order chi connectivity index (χ1) is 15.5. The summed E-state index contributed by atoms with van der Waals surface area (Å²) in [5.41, 5.74) is 1.45. The van der Waals surface area contributed by atoms with Crippen molar-refractivity contribution in [3.05, 3.63) is 82.0 Å². The van der Waals surface area contributed by atoms with E-state index in [-0.39, 0.29) is 30.0 Å². The van der Waals surface area contributed by atoms with E-state index in [1.165, 1.54) is 10.9 Å². The zero-order valence-electron chi connectivity index (χ0n) is 17.6. The van der Waals surface area contributed by atoms with E-state index in [0.29, 0.717) is 22.2 Å². The van der Waals surface area contributed by atoms with Crippen LogP contribution in [0.2, 0.25) is 0 Å². The number of carbonyl (C=O) groups is 2. The van der Waals surface area contributed by atoms with Crippen LogP contribution in [0.4, 0.5) is 4.79 Å². The van der Waals surface area contributed by atoms with Gasteiger partial charge in [0.15, 0.2) is 0 Å². The van der Waals surface area contributed by atoms with Crippen molar-refractivity contribution in [3.8, 4) is 5.75 Å². The molecular weight excluding hydrogens is 412 g/mol. The van der Waals surface area contributed by atoms with E-state index in [2.05, 4.69) is 15.6 Å². The van der Waals surface area contributed by atoms with Gasteiger partial charge < -0.3 is 20.1 Å². The first kappa shape index (κ1) is 21.1. The van der Waals surface area contributed by atoms with Crippen LogP contribution in [0, 0.1) is 0 Å². The fourth-order valence-corrected chi connectivity index (χ4v) is 3.63. The molecule has 1 atom stereocenters. The van der Waals surface area contributed by atoms with Crippen LogP contribution in [-0.2, 0) is 16.1 Å². The molecule has 2 amide bonds. The Bertz CT molecular complexity index is 1260. The van der Waals surface area contributed by atoms with Crippen molar-refractivity contribution in [1.29, 1.82) is 0 Å². The number of benzene rings is 2. The molecule has 1 aromatic heterocycles. The Morgan fingerprint density at radius 3 is 2.59 bits per heavy atom. The summed E-state index contributed by atoms with van der Waals surface area (Å²) in [7, 11) is 1.55. The number of fused-ring (bicyclic) bond motifs is 1. The maximum absolute atomic E-state index is 12.9. The number of hydrogen-bond donors (Lipinski definition) is 2. The van der Waals surface area contributed by atoms with Crippen molar-refractivity contribution >= 4 is 22.9 Å². The number of amides is 2. The molecule has 0 bridgehead atoms. The first-order valence-electron chi connectivity index (χ1n) is 10.1. The molecule has 0 radical (unpaired) electrons. The van der Waals surface area contributed by atoms with Gasteiger partial charge in [-0.15, -0.1) is 0 Å². The van der Waals surface area contributed by atoms with Crippen molar-refractivity contribution < 1.29 is 19.1 Å². The smallest absolute Gasteiger partial charge is 0.338 e. The van der Waals surface area contributed by atoms with Crippen molar-refractivity contribution in [3.63, 3.8) is 0 Å². The van der Waals surface area contributed by atoms with Crippen molar-refractivity contribution in [1.82, 2.24) is 20.2 Å². The molecule has 4 rings (SSSR count). The summed E-state index contributed by atoms with van der Waals surface area (Å²) in [5.74, 6) is 0.0577. The number of urea groups is 1. The van der Waals surface area contributed by atoms with E-state index in [1.54, 1.807) is 62.6 Å². The molecule has 9 heteroatoms. The lowest BCUT2D eigenvalue weighted by atomic mass is 9.95. The number of nitrogens with zero attached hydrogens (tertiary/aromatic N) is 2. The zero-order valence-corrected chi connectivity index (χ0v) is 17.6. The van der Waals surface area contributed by atoms with Crippen LogP contribution >= 0.6 is 0 Å². The average molecular weight is 434 g/mol. The monoisotopic (exact) mass is 434 g/mol. The SMILES string of the molecule is CCOC(=O)C1=C(Cn2cnc3ccccc3c2=O)NC(=O)NC1c1ccc(OC)cc1. The molecule has 1 aliphatic rings. The van der Waals surface area contributed by atoms with Crippen LogP contribution in [0.15, 0.2) is 70.9 Å². The van der Waals surface area contributed by atoms with E-state index >= 15 is 0 Å². The largest absolute Gasteiger partial charge is 0.497 e. The number of hydrogen-bond acceptors (Lipinski definition) is 6. The van der Waals surface area contributed by atoms with E-state index < -0.39 is 18.0 Å². The Morgan fingerprint density at radius 1 is 1.12 bits per heavy atom. The summed E-state index contributed by atoms with van der Waals surface area (Å²) in [6.45, 7) is 1.81. The van der Waals surface area contributed by atoms with Crippen molar-refractivity contribution in [2.75, 3.05) is 13.7 Å². The van der Waals surface area contributed by atoms with E-state index in [0.717, 1.165) is 0 Å². The maximum atomic E-state index is 12.9. The minimum absolute atomic E-state index is 0.0507. The minimum Gasteiger partial charge on any atom is -0.497 e. The molecule has 1 aliphatic heterocycles. The van der Waals surface area contributed by atoms with Gasteiger partial charge in [0.1, 0.15) is 5.75 Å². The van der Waals surface area contributed by atoms with Gasteiger partial charge >= 0.3 is 12.0 Å². The number of methoxy groups -OCH3 is 1. The second-order valence-corrected chi connectivity index (χ2v) is 7.11. The minimum atomic E-state index is -0.757. The second kappa shape index (κ2) is 8.93. The van der Waals surface area contributed by atoms with Crippen LogP contribution in [0.3, 0.4) is 0 Å². The Balaban J connectivity index is 1.81. The van der Waals surface area contributed by atoms with Crippen molar-refractivity contribution in [2.24, 2.45) is 0 Å². The van der Waals surface area contributed by atoms with Gasteiger partial charge in [-0.25, -0.2) is 14.6 Å². The molecule has 9 nitrogen and oxygen atoms in total. The van der Waals surface area contributed by atoms with Crippen LogP contribution in [0.5, 0.6) is 5.75 Å². The highest BCUT2D eigenvalue weighted by Gasteiger charge is 2.34. The molecule has 2 N–H and O–H groups in total. The molecule has 0 saturated heterocycles. The highest BCUT2D eigenvalue weighted by atomic mass is 16.5. The van der Waals surface area contributed by atoms with Crippen LogP contribution in [-0.4, -0.2) is 35.3 Å². The van der Waals surface area contributed by atoms with Crippen LogP contribution in [0.25, 0.3) is 10.9 Å². The van der Waals surface area contributed by atoms with Crippen LogP contribution < -0.4 is 20.9 Å². The summed E-state index contributed by atoms with van der Waals surface area (Å²) in [6.07, 6.45) is 1.40. The normalized spacial score (nSPS) is 15.8. The number of aromatic nitrogens is 2. The lowest BCUT2D eigenvalue weighted by Crippen LogP contribution is -2.47. The Labute approximate surface area is 183 Å². The molecule has 3 aromatic rings. The second-order valence-electron chi connectivity index (χ2n) is 7.11. The van der Waals surface area contributed by atoms with Crippen LogP contribution in [0.1, 0.15) is 18.5 Å². The number of allylic oxidation sites excluding steroid dienone is 1.